The number of hydrogen-bond donors (Lipinski definition) is 0. The quantitative estimate of drug-likeness (QED) is 0.251. The van der Waals surface area contributed by atoms with Gasteiger partial charge in [-0.25, -0.2) is 0 Å². The molecule has 4 unspecified atom stereocenters. The van der Waals surface area contributed by atoms with E-state index < -0.39 is 43.5 Å². The maximum Gasteiger partial charge on any atom is 0.514 e. The molecule has 0 radical (unpaired) electrons. The molecule has 4 atom stereocenters. The molecule has 0 N–H and O–H groups in total. The predicted molar refractivity (Wildman–Crippen MR) is 131 cm³/mol. The van der Waals surface area contributed by atoms with Gasteiger partial charge in [0.05, 0.1) is 0 Å². The second-order valence-corrected chi connectivity index (χ2v) is 21.3. The van der Waals surface area contributed by atoms with Crippen molar-refractivity contribution in [2.24, 2.45) is 0 Å². The number of hydrogen-bond acceptors (Lipinski definition) is 9. The maximum atomic E-state index is 6.30. The highest BCUT2D eigenvalue weighted by atomic mass is 28.5. The molecular formula is C17H36O9Si5. The van der Waals surface area contributed by atoms with Crippen LogP contribution < -0.4 is 0 Å². The second kappa shape index (κ2) is 12.6. The third-order valence-electron chi connectivity index (χ3n) is 4.41. The van der Waals surface area contributed by atoms with Crippen molar-refractivity contribution in [1.82, 2.24) is 0 Å². The van der Waals surface area contributed by atoms with E-state index in [4.69, 9.17) is 38.6 Å². The van der Waals surface area contributed by atoms with Crippen LogP contribution in [0, 0.1) is 0 Å². The molecule has 0 saturated carbocycles. The fraction of sp³-hybridized carbons (Fsp3) is 0.412. The summed E-state index contributed by atoms with van der Waals surface area (Å²) in [4.78, 5) is 0. The van der Waals surface area contributed by atoms with Crippen LogP contribution in [0.25, 0.3) is 0 Å². The molecule has 0 aliphatic carbocycles. The summed E-state index contributed by atoms with van der Waals surface area (Å²) in [6.07, 6.45) is 0. The molecule has 0 heterocycles. The highest BCUT2D eigenvalue weighted by Crippen LogP contribution is 2.29. The summed E-state index contributed by atoms with van der Waals surface area (Å²) in [5.74, 6) is 0. The first-order chi connectivity index (χ1) is 14.4. The summed E-state index contributed by atoms with van der Waals surface area (Å²) in [5, 5.41) is 0. The molecule has 0 aliphatic rings. The van der Waals surface area contributed by atoms with Gasteiger partial charge in [-0.2, -0.15) is 0 Å². The molecule has 0 aromatic carbocycles. The van der Waals surface area contributed by atoms with E-state index in [0.29, 0.717) is 0 Å². The minimum Gasteiger partial charge on any atom is -0.395 e. The molecule has 14 heteroatoms. The Morgan fingerprint density at radius 3 is 0.839 bits per heavy atom. The van der Waals surface area contributed by atoms with Gasteiger partial charge in [-0.1, -0.05) is 31.1 Å². The van der Waals surface area contributed by atoms with E-state index in [1.54, 1.807) is 24.5 Å². The zero-order valence-electron chi connectivity index (χ0n) is 19.6. The molecule has 0 aromatic rings. The van der Waals surface area contributed by atoms with Gasteiger partial charge in [0.25, 0.3) is 0 Å². The molecule has 0 amide bonds. The third-order valence-corrected chi connectivity index (χ3v) is 20.8. The molecule has 178 valence electrons. The van der Waals surface area contributed by atoms with Gasteiger partial charge < -0.3 is 38.6 Å². The van der Waals surface area contributed by atoms with Crippen LogP contribution in [0.4, 0.5) is 0 Å². The van der Waals surface area contributed by atoms with Crippen LogP contribution in [-0.4, -0.2) is 79.1 Å². The summed E-state index contributed by atoms with van der Waals surface area (Å²) < 4.78 is 53.0. The molecule has 0 fully saturated rings. The van der Waals surface area contributed by atoms with Crippen LogP contribution >= 0.6 is 0 Å². The fourth-order valence-electron chi connectivity index (χ4n) is 2.11. The van der Waals surface area contributed by atoms with Gasteiger partial charge in [-0.05, 0) is 30.2 Å². The average molecular weight is 525 g/mol. The van der Waals surface area contributed by atoms with Gasteiger partial charge in [0.2, 0.25) is 0 Å². The smallest absolute Gasteiger partial charge is 0.395 e. The lowest BCUT2D eigenvalue weighted by Crippen LogP contribution is -2.65. The van der Waals surface area contributed by atoms with E-state index >= 15 is 0 Å². The normalized spacial score (nSPS) is 21.3. The molecule has 0 aromatic heterocycles. The molecule has 0 aliphatic heterocycles. The van der Waals surface area contributed by atoms with Gasteiger partial charge in [-0.3, -0.25) is 0 Å². The molecule has 0 saturated heterocycles. The molecular weight excluding hydrogens is 489 g/mol. The van der Waals surface area contributed by atoms with Crippen molar-refractivity contribution < 1.29 is 38.6 Å². The third kappa shape index (κ3) is 7.75. The summed E-state index contributed by atoms with van der Waals surface area (Å²) in [6.45, 7) is 22.7. The Morgan fingerprint density at radius 1 is 0.419 bits per heavy atom. The van der Waals surface area contributed by atoms with Gasteiger partial charge in [-0.15, -0.1) is 13.2 Å². The van der Waals surface area contributed by atoms with Crippen LogP contribution in [0.3, 0.4) is 0 Å². The molecule has 0 spiro atoms. The fourth-order valence-corrected chi connectivity index (χ4v) is 17.6. The standard InChI is InChI=1S/C17H36O9Si5/c1-13-27(11,18-6)23-29(15-3,20-8)25-31(17-5,22-10)26-30(16-4,21-9)24-28(12,14-2)19-7/h13-17H,1-5H2,6-12H3. The topological polar surface area (TPSA) is 83.1 Å². The van der Waals surface area contributed by atoms with Crippen molar-refractivity contribution in [3.63, 3.8) is 0 Å². The Kier molecular flexibility index (Phi) is 12.4. The summed E-state index contributed by atoms with van der Waals surface area (Å²) in [5.41, 5.74) is 7.54. The lowest BCUT2D eigenvalue weighted by atomic mass is 11.3. The van der Waals surface area contributed by atoms with Crippen molar-refractivity contribution in [3.05, 3.63) is 61.4 Å². The van der Waals surface area contributed by atoms with Crippen LogP contribution in [0.1, 0.15) is 0 Å². The van der Waals surface area contributed by atoms with Crippen molar-refractivity contribution in [3.8, 4) is 0 Å². The Balaban J connectivity index is 6.31. The van der Waals surface area contributed by atoms with Gasteiger partial charge in [0.1, 0.15) is 0 Å². The zero-order chi connectivity index (χ0) is 24.4. The maximum absolute atomic E-state index is 6.30. The number of rotatable bonds is 18. The van der Waals surface area contributed by atoms with E-state index in [2.05, 4.69) is 32.9 Å². The van der Waals surface area contributed by atoms with E-state index in [9.17, 15) is 0 Å². The van der Waals surface area contributed by atoms with Crippen molar-refractivity contribution in [2.45, 2.75) is 13.1 Å². The summed E-state index contributed by atoms with van der Waals surface area (Å²) >= 11 is 0. The molecule has 0 bridgehead atoms. The highest BCUT2D eigenvalue weighted by molar-refractivity contribution is 6.91. The van der Waals surface area contributed by atoms with Gasteiger partial charge in [0, 0.05) is 35.5 Å². The van der Waals surface area contributed by atoms with Crippen LogP contribution in [0.2, 0.25) is 13.1 Å². The predicted octanol–water partition coefficient (Wildman–Crippen LogP) is 2.87. The van der Waals surface area contributed by atoms with E-state index in [1.807, 2.05) is 0 Å². The van der Waals surface area contributed by atoms with Crippen LogP contribution in [0.15, 0.2) is 61.4 Å². The summed E-state index contributed by atoms with van der Waals surface area (Å²) in [7, 11) is -9.25. The van der Waals surface area contributed by atoms with E-state index in [-0.39, 0.29) is 0 Å². The largest absolute Gasteiger partial charge is 0.514 e. The Labute approximate surface area is 192 Å². The average Bonchev–Trinajstić information content (AvgIpc) is 2.82. The minimum absolute atomic E-state index is 1.42. The lowest BCUT2D eigenvalue weighted by molar-refractivity contribution is 0.103. The van der Waals surface area contributed by atoms with Gasteiger partial charge in [0.15, 0.2) is 0 Å². The van der Waals surface area contributed by atoms with Crippen LogP contribution in [0.5, 0.6) is 0 Å². The van der Waals surface area contributed by atoms with Crippen molar-refractivity contribution >= 4 is 43.5 Å². The van der Waals surface area contributed by atoms with E-state index in [1.165, 1.54) is 52.6 Å². The van der Waals surface area contributed by atoms with E-state index in [0.717, 1.165) is 0 Å². The first kappa shape index (κ1) is 30.4. The second-order valence-electron chi connectivity index (χ2n) is 6.29. The Hall–Kier alpha value is -0.576. The first-order valence-corrected chi connectivity index (χ1v) is 19.4. The Bertz CT molecular complexity index is 607. The monoisotopic (exact) mass is 524 g/mol. The molecule has 31 heavy (non-hydrogen) atoms. The first-order valence-electron chi connectivity index (χ1n) is 9.18. The highest BCUT2D eigenvalue weighted by Gasteiger charge is 2.59. The minimum atomic E-state index is -3.74. The zero-order valence-corrected chi connectivity index (χ0v) is 24.6. The van der Waals surface area contributed by atoms with Gasteiger partial charge >= 0.3 is 43.5 Å². The SMILES string of the molecule is C=C[Si](C)(OC)O[Si](C=C)(OC)O[Si](C=C)(OC)O[Si](C=C)(OC)O[Si](C)(C=C)OC. The van der Waals surface area contributed by atoms with Crippen LogP contribution in [-0.2, 0) is 38.6 Å². The summed E-state index contributed by atoms with van der Waals surface area (Å²) in [6, 6.07) is 0. The van der Waals surface area contributed by atoms with Crippen molar-refractivity contribution in [1.29, 1.82) is 0 Å². The lowest BCUT2D eigenvalue weighted by Gasteiger charge is -2.41. The van der Waals surface area contributed by atoms with Crippen molar-refractivity contribution in [2.75, 3.05) is 35.5 Å². The Morgan fingerprint density at radius 2 is 0.677 bits per heavy atom. The molecule has 0 rings (SSSR count). The molecule has 9 nitrogen and oxygen atoms in total.